The Hall–Kier alpha value is -7.55. The van der Waals surface area contributed by atoms with Crippen LogP contribution in [0.1, 0.15) is 29.0 Å². The van der Waals surface area contributed by atoms with Crippen LogP contribution >= 0.6 is 11.6 Å². The van der Waals surface area contributed by atoms with Gasteiger partial charge in [-0.3, -0.25) is 9.59 Å². The minimum absolute atomic E-state index is 0.0778. The molecule has 22 heteroatoms. The third-order valence-corrected chi connectivity index (χ3v) is 12.4. The number of phenolic OH excluding ortho intramolecular Hbond substituents is 1. The summed E-state index contributed by atoms with van der Waals surface area (Å²) in [5, 5.41) is 10.4. The summed E-state index contributed by atoms with van der Waals surface area (Å²) in [6, 6.07) is 8.71. The number of benzene rings is 3. The van der Waals surface area contributed by atoms with Crippen LogP contribution in [-0.2, 0) is 53.1 Å². The van der Waals surface area contributed by atoms with E-state index in [9.17, 15) is 33.9 Å². The van der Waals surface area contributed by atoms with Gasteiger partial charge in [0.15, 0.2) is 23.0 Å². The number of phenols is 1. The first-order valence-electron chi connectivity index (χ1n) is 20.0. The molecular formula is C42H41ClN10O11. The maximum atomic E-state index is 14.5. The molecule has 21 nitrogen and oxygen atoms in total. The van der Waals surface area contributed by atoms with Crippen molar-refractivity contribution >= 4 is 33.7 Å². The molecule has 0 spiro atoms. The molecule has 2 aliphatic rings. The van der Waals surface area contributed by atoms with Gasteiger partial charge in [-0.2, -0.15) is 0 Å². The Morgan fingerprint density at radius 1 is 0.656 bits per heavy atom. The molecule has 0 saturated carbocycles. The van der Waals surface area contributed by atoms with Crippen LogP contribution in [0, 0.1) is 0 Å². The number of aromatic nitrogens is 10. The van der Waals surface area contributed by atoms with Gasteiger partial charge in [0.05, 0.1) is 69.6 Å². The molecule has 0 unspecified atom stereocenters. The second-order valence-electron chi connectivity index (χ2n) is 15.4. The zero-order chi connectivity index (χ0) is 45.5. The number of halogens is 1. The van der Waals surface area contributed by atoms with Crippen molar-refractivity contribution in [1.29, 1.82) is 0 Å². The van der Waals surface area contributed by atoms with Crippen molar-refractivity contribution in [3.8, 4) is 28.7 Å². The predicted octanol–water partition coefficient (Wildman–Crippen LogP) is 1.09. The number of allylic oxidation sites excluding steroid dienone is 2. The number of hydrogen-bond donors (Lipinski definition) is 1. The lowest BCUT2D eigenvalue weighted by atomic mass is 9.90. The van der Waals surface area contributed by atoms with Gasteiger partial charge in [-0.1, -0.05) is 23.7 Å². The smallest absolute Gasteiger partial charge is 0.348 e. The van der Waals surface area contributed by atoms with Crippen LogP contribution in [0.25, 0.3) is 22.1 Å². The van der Waals surface area contributed by atoms with Gasteiger partial charge in [-0.15, -0.1) is 0 Å². The number of rotatable bonds is 11. The highest BCUT2D eigenvalue weighted by Gasteiger charge is 2.42. The molecule has 2 aliphatic heterocycles. The summed E-state index contributed by atoms with van der Waals surface area (Å²) in [5.41, 5.74) is -0.850. The van der Waals surface area contributed by atoms with E-state index in [-0.39, 0.29) is 61.2 Å². The SMILES string of the molecule is COc1cc2nc(CCn3c(=O)n4n(c3=O)[C@@H]3Cn5c(=O)n(CCc6nc7cc(OC)c(OC)cc7n(C)c6=O)c(=O)n5[C@@H](c5ccc(O)cc5Cl)C3=CC4)c(=O)n(C)c2cc1OC. The van der Waals surface area contributed by atoms with E-state index in [1.54, 1.807) is 44.4 Å². The Balaban J connectivity index is 1.10. The Kier molecular flexibility index (Phi) is 10.2. The molecule has 6 heterocycles. The first-order valence-corrected chi connectivity index (χ1v) is 20.3. The fraction of sp³-hybridized carbons (Fsp3) is 0.333. The molecule has 3 aromatic carbocycles. The van der Waals surface area contributed by atoms with E-state index in [2.05, 4.69) is 9.97 Å². The van der Waals surface area contributed by atoms with Gasteiger partial charge >= 0.3 is 22.8 Å². The topological polar surface area (TPSA) is 225 Å². The normalized spacial score (nSPS) is 15.5. The predicted molar refractivity (Wildman–Crippen MR) is 232 cm³/mol. The van der Waals surface area contributed by atoms with E-state index in [1.807, 2.05) is 0 Å². The Morgan fingerprint density at radius 3 is 1.64 bits per heavy atom. The molecule has 1 N–H and O–H groups in total. The highest BCUT2D eigenvalue weighted by molar-refractivity contribution is 6.31. The second kappa shape index (κ2) is 15.7. The van der Waals surface area contributed by atoms with E-state index in [0.29, 0.717) is 56.2 Å². The molecule has 0 saturated heterocycles. The minimum Gasteiger partial charge on any atom is -0.508 e. The Bertz CT molecular complexity index is 3510. The number of nitrogens with zero attached hydrogens (tertiary/aromatic N) is 10. The van der Waals surface area contributed by atoms with Crippen LogP contribution in [0.3, 0.4) is 0 Å². The highest BCUT2D eigenvalue weighted by Crippen LogP contribution is 2.41. The van der Waals surface area contributed by atoms with Gasteiger partial charge in [-0.05, 0) is 23.3 Å². The monoisotopic (exact) mass is 896 g/mol. The summed E-state index contributed by atoms with van der Waals surface area (Å²) < 4.78 is 31.4. The van der Waals surface area contributed by atoms with Crippen molar-refractivity contribution in [3.05, 3.63) is 139 Å². The maximum Gasteiger partial charge on any atom is 0.348 e. The van der Waals surface area contributed by atoms with Crippen LogP contribution in [0.15, 0.2) is 82.9 Å². The summed E-state index contributed by atoms with van der Waals surface area (Å²) >= 11 is 6.74. The van der Waals surface area contributed by atoms with Crippen LogP contribution in [0.4, 0.5) is 0 Å². The van der Waals surface area contributed by atoms with Gasteiger partial charge in [0.1, 0.15) is 23.2 Å². The fourth-order valence-corrected chi connectivity index (χ4v) is 9.11. The van der Waals surface area contributed by atoms with Crippen LogP contribution < -0.4 is 52.8 Å². The molecule has 9 rings (SSSR count). The highest BCUT2D eigenvalue weighted by atomic mass is 35.5. The molecule has 0 radical (unpaired) electrons. The Morgan fingerprint density at radius 2 is 1.14 bits per heavy atom. The molecule has 0 bridgehead atoms. The Labute approximate surface area is 364 Å². The van der Waals surface area contributed by atoms with Gasteiger partial charge < -0.3 is 33.2 Å². The van der Waals surface area contributed by atoms with Gasteiger partial charge in [0, 0.05) is 69.3 Å². The van der Waals surface area contributed by atoms with Crippen molar-refractivity contribution < 1.29 is 24.1 Å². The number of aromatic hydroxyl groups is 1. The summed E-state index contributed by atoms with van der Waals surface area (Å²) in [4.78, 5) is 93.5. The van der Waals surface area contributed by atoms with Crippen molar-refractivity contribution in [3.63, 3.8) is 0 Å². The van der Waals surface area contributed by atoms with Crippen molar-refractivity contribution in [1.82, 2.24) is 47.0 Å². The summed E-state index contributed by atoms with van der Waals surface area (Å²) in [6.45, 7) is -0.762. The number of hydrogen-bond acceptors (Lipinski definition) is 13. The van der Waals surface area contributed by atoms with E-state index in [0.717, 1.165) is 9.13 Å². The molecule has 332 valence electrons. The number of fused-ring (bicyclic) bond motifs is 6. The average molecular weight is 897 g/mol. The van der Waals surface area contributed by atoms with E-state index >= 15 is 0 Å². The second-order valence-corrected chi connectivity index (χ2v) is 15.8. The maximum absolute atomic E-state index is 14.5. The van der Waals surface area contributed by atoms with Crippen LogP contribution in [-0.4, -0.2) is 80.5 Å². The quantitative estimate of drug-likeness (QED) is 0.180. The fourth-order valence-electron chi connectivity index (χ4n) is 8.83. The minimum atomic E-state index is -1.07. The van der Waals surface area contributed by atoms with Gasteiger partial charge in [0.25, 0.3) is 11.1 Å². The number of methoxy groups -OCH3 is 4. The lowest BCUT2D eigenvalue weighted by molar-refractivity contribution is 0.246. The summed E-state index contributed by atoms with van der Waals surface area (Å²) in [6.07, 6.45) is 1.53. The molecule has 2 atom stereocenters. The van der Waals surface area contributed by atoms with E-state index < -0.39 is 46.0 Å². The van der Waals surface area contributed by atoms with Gasteiger partial charge in [-0.25, -0.2) is 57.0 Å². The van der Waals surface area contributed by atoms with E-state index in [1.165, 1.54) is 74.5 Å². The zero-order valence-electron chi connectivity index (χ0n) is 35.4. The molecular weight excluding hydrogens is 856 g/mol. The third kappa shape index (κ3) is 6.36. The molecule has 4 aromatic heterocycles. The number of ether oxygens (including phenoxy) is 4. The summed E-state index contributed by atoms with van der Waals surface area (Å²) in [7, 11) is 9.07. The first-order chi connectivity index (χ1) is 30.7. The molecule has 0 fully saturated rings. The largest absolute Gasteiger partial charge is 0.508 e. The van der Waals surface area contributed by atoms with Gasteiger partial charge in [0.2, 0.25) is 0 Å². The van der Waals surface area contributed by atoms with Crippen LogP contribution in [0.5, 0.6) is 28.7 Å². The van der Waals surface area contributed by atoms with Crippen molar-refractivity contribution in [2.45, 2.75) is 51.1 Å². The van der Waals surface area contributed by atoms with Crippen LogP contribution in [0.2, 0.25) is 5.02 Å². The van der Waals surface area contributed by atoms with Crippen molar-refractivity contribution in [2.24, 2.45) is 14.1 Å². The number of aryl methyl sites for hydroxylation is 4. The summed E-state index contributed by atoms with van der Waals surface area (Å²) in [5.74, 6) is 1.47. The third-order valence-electron chi connectivity index (χ3n) is 12.1. The van der Waals surface area contributed by atoms with Crippen molar-refractivity contribution in [2.75, 3.05) is 28.4 Å². The zero-order valence-corrected chi connectivity index (χ0v) is 36.2. The molecule has 0 amide bonds. The lowest BCUT2D eigenvalue weighted by Gasteiger charge is -2.37. The molecule has 64 heavy (non-hydrogen) atoms. The first kappa shape index (κ1) is 41.8. The molecule has 7 aromatic rings. The standard InChI is InChI=1S/C42H41ClN10O11/c1-46-29-18-34(63-5)32(61-3)16-27(29)44-25(37(46)55)10-12-48-39(57)50-14-9-23-31(52(50)41(48)59)20-51-40(58)49(42(60)53(51)36(23)22-8-7-21(54)15-24(22)43)13-11-26-38(56)47(2)30-19-35(64-6)33(62-4)17-28(30)45-26/h7-9,15-19,31,36,54H,10-14,20H2,1-6H3/t31-,36+/m1/s1. The average Bonchev–Trinajstić information content (AvgIpc) is 3.68. The molecule has 0 aliphatic carbocycles. The lowest BCUT2D eigenvalue weighted by Crippen LogP contribution is -2.47. The van der Waals surface area contributed by atoms with E-state index in [4.69, 9.17) is 30.5 Å².